The van der Waals surface area contributed by atoms with Gasteiger partial charge in [0.25, 0.3) is 0 Å². The molecule has 3 atom stereocenters. The summed E-state index contributed by atoms with van der Waals surface area (Å²) in [5.41, 5.74) is 0.447. The first-order valence-electron chi connectivity index (χ1n) is 5.51. The number of halogens is 3. The first-order chi connectivity index (χ1) is 8.39. The first-order valence-corrected chi connectivity index (χ1v) is 5.51. The van der Waals surface area contributed by atoms with Crippen LogP contribution < -0.4 is 4.74 Å². The molecule has 1 aliphatic rings. The second kappa shape index (κ2) is 4.78. The monoisotopic (exact) mass is 262 g/mol. The van der Waals surface area contributed by atoms with Crippen LogP contribution in [0.25, 0.3) is 0 Å². The van der Waals surface area contributed by atoms with Crippen molar-refractivity contribution in [3.63, 3.8) is 0 Å². The van der Waals surface area contributed by atoms with Crippen molar-refractivity contribution in [1.29, 1.82) is 0 Å². The summed E-state index contributed by atoms with van der Waals surface area (Å²) >= 11 is 0. The van der Waals surface area contributed by atoms with Gasteiger partial charge in [0.05, 0.1) is 0 Å². The third kappa shape index (κ3) is 2.59. The molecule has 100 valence electrons. The SMILES string of the molecule is CC(OC1COc2ccccc2C1O)C(F)(F)F. The Balaban J connectivity index is 2.10. The molecule has 18 heavy (non-hydrogen) atoms. The minimum atomic E-state index is -4.45. The lowest BCUT2D eigenvalue weighted by molar-refractivity contribution is -0.241. The average Bonchev–Trinajstić information content (AvgIpc) is 2.32. The molecule has 0 bridgehead atoms. The largest absolute Gasteiger partial charge is 0.490 e. The van der Waals surface area contributed by atoms with Gasteiger partial charge in [0.1, 0.15) is 24.6 Å². The number of fused-ring (bicyclic) bond motifs is 1. The van der Waals surface area contributed by atoms with Crippen LogP contribution in [-0.4, -0.2) is 30.1 Å². The van der Waals surface area contributed by atoms with Crippen molar-refractivity contribution >= 4 is 0 Å². The van der Waals surface area contributed by atoms with Gasteiger partial charge in [-0.15, -0.1) is 0 Å². The molecule has 0 fully saturated rings. The van der Waals surface area contributed by atoms with Gasteiger partial charge in [0, 0.05) is 5.56 Å². The molecular formula is C12H13F3O3. The van der Waals surface area contributed by atoms with Gasteiger partial charge >= 0.3 is 6.18 Å². The third-order valence-corrected chi connectivity index (χ3v) is 2.83. The highest BCUT2D eigenvalue weighted by molar-refractivity contribution is 5.37. The number of ether oxygens (including phenoxy) is 2. The van der Waals surface area contributed by atoms with Crippen LogP contribution in [0.3, 0.4) is 0 Å². The molecule has 2 rings (SSSR count). The Morgan fingerprint density at radius 1 is 1.39 bits per heavy atom. The summed E-state index contributed by atoms with van der Waals surface area (Å²) in [4.78, 5) is 0. The smallest absolute Gasteiger partial charge is 0.414 e. The topological polar surface area (TPSA) is 38.7 Å². The lowest BCUT2D eigenvalue weighted by Crippen LogP contribution is -2.40. The lowest BCUT2D eigenvalue weighted by atomic mass is 10.0. The number of hydrogen-bond donors (Lipinski definition) is 1. The Morgan fingerprint density at radius 2 is 2.06 bits per heavy atom. The Labute approximate surface area is 102 Å². The molecule has 3 nitrogen and oxygen atoms in total. The van der Waals surface area contributed by atoms with Crippen LogP contribution in [0, 0.1) is 0 Å². The fourth-order valence-corrected chi connectivity index (χ4v) is 1.77. The van der Waals surface area contributed by atoms with E-state index in [1.807, 2.05) is 0 Å². The third-order valence-electron chi connectivity index (χ3n) is 2.83. The second-order valence-corrected chi connectivity index (χ2v) is 4.15. The van der Waals surface area contributed by atoms with Gasteiger partial charge in [-0.2, -0.15) is 13.2 Å². The lowest BCUT2D eigenvalue weighted by Gasteiger charge is -2.32. The predicted octanol–water partition coefficient (Wildman–Crippen LogP) is 2.45. The molecule has 6 heteroatoms. The number of rotatable bonds is 2. The van der Waals surface area contributed by atoms with Gasteiger partial charge < -0.3 is 14.6 Å². The molecule has 3 unspecified atom stereocenters. The van der Waals surface area contributed by atoms with Crippen LogP contribution in [0.5, 0.6) is 5.75 Å². The van der Waals surface area contributed by atoms with E-state index < -0.39 is 24.5 Å². The van der Waals surface area contributed by atoms with E-state index in [1.54, 1.807) is 24.3 Å². The van der Waals surface area contributed by atoms with Gasteiger partial charge in [0.2, 0.25) is 0 Å². The molecule has 0 aliphatic carbocycles. The molecule has 0 saturated carbocycles. The van der Waals surface area contributed by atoms with Crippen molar-refractivity contribution in [1.82, 2.24) is 0 Å². The molecular weight excluding hydrogens is 249 g/mol. The number of benzene rings is 1. The van der Waals surface area contributed by atoms with Crippen LogP contribution in [-0.2, 0) is 4.74 Å². The fourth-order valence-electron chi connectivity index (χ4n) is 1.77. The van der Waals surface area contributed by atoms with E-state index in [1.165, 1.54) is 0 Å². The standard InChI is InChI=1S/C12H13F3O3/c1-7(12(13,14)15)18-10-6-17-9-5-3-2-4-8(9)11(10)16/h2-5,7,10-11,16H,6H2,1H3. The van der Waals surface area contributed by atoms with Crippen LogP contribution in [0.15, 0.2) is 24.3 Å². The number of hydrogen-bond acceptors (Lipinski definition) is 3. The van der Waals surface area contributed by atoms with Crippen molar-refractivity contribution in [3.8, 4) is 5.75 Å². The molecule has 1 aromatic carbocycles. The minimum Gasteiger partial charge on any atom is -0.490 e. The summed E-state index contributed by atoms with van der Waals surface area (Å²) in [6.07, 6.45) is -8.52. The van der Waals surface area contributed by atoms with E-state index in [0.717, 1.165) is 6.92 Å². The van der Waals surface area contributed by atoms with E-state index in [2.05, 4.69) is 0 Å². The van der Waals surface area contributed by atoms with Crippen molar-refractivity contribution in [2.24, 2.45) is 0 Å². The minimum absolute atomic E-state index is 0.0986. The second-order valence-electron chi connectivity index (χ2n) is 4.15. The number of aliphatic hydroxyl groups is 1. The highest BCUT2D eigenvalue weighted by Crippen LogP contribution is 2.35. The first kappa shape index (κ1) is 13.2. The van der Waals surface area contributed by atoms with E-state index in [4.69, 9.17) is 9.47 Å². The van der Waals surface area contributed by atoms with E-state index in [-0.39, 0.29) is 6.61 Å². The van der Waals surface area contributed by atoms with Crippen LogP contribution in [0.2, 0.25) is 0 Å². The Bertz CT molecular complexity index is 419. The Kier molecular flexibility index (Phi) is 3.49. The van der Waals surface area contributed by atoms with Gasteiger partial charge in [-0.25, -0.2) is 0 Å². The van der Waals surface area contributed by atoms with Crippen molar-refractivity contribution in [3.05, 3.63) is 29.8 Å². The predicted molar refractivity (Wildman–Crippen MR) is 57.3 cm³/mol. The molecule has 1 aliphatic heterocycles. The molecule has 0 aromatic heterocycles. The average molecular weight is 262 g/mol. The molecule has 1 N–H and O–H groups in total. The summed E-state index contributed by atoms with van der Waals surface area (Å²) in [6, 6.07) is 6.67. The zero-order chi connectivity index (χ0) is 13.3. The van der Waals surface area contributed by atoms with Crippen LogP contribution in [0.4, 0.5) is 13.2 Å². The molecule has 0 amide bonds. The molecule has 1 aromatic rings. The zero-order valence-electron chi connectivity index (χ0n) is 9.65. The van der Waals surface area contributed by atoms with Gasteiger partial charge in [0.15, 0.2) is 6.10 Å². The fraction of sp³-hybridized carbons (Fsp3) is 0.500. The maximum Gasteiger partial charge on any atom is 0.414 e. The zero-order valence-corrected chi connectivity index (χ0v) is 9.65. The molecule has 1 heterocycles. The van der Waals surface area contributed by atoms with Crippen molar-refractivity contribution in [2.75, 3.05) is 6.61 Å². The Hall–Kier alpha value is -1.27. The van der Waals surface area contributed by atoms with Gasteiger partial charge in [-0.1, -0.05) is 18.2 Å². The normalized spacial score (nSPS) is 25.2. The summed E-state index contributed by atoms with van der Waals surface area (Å²) in [6.45, 7) is 0.811. The summed E-state index contributed by atoms with van der Waals surface area (Å²) in [5.74, 6) is 0.476. The van der Waals surface area contributed by atoms with E-state index in [9.17, 15) is 18.3 Å². The quantitative estimate of drug-likeness (QED) is 0.889. The summed E-state index contributed by atoms with van der Waals surface area (Å²) in [7, 11) is 0. The number of aliphatic hydroxyl groups excluding tert-OH is 1. The number of alkyl halides is 3. The van der Waals surface area contributed by atoms with Gasteiger partial charge in [-0.3, -0.25) is 0 Å². The van der Waals surface area contributed by atoms with Crippen LogP contribution in [0.1, 0.15) is 18.6 Å². The highest BCUT2D eigenvalue weighted by Gasteiger charge is 2.41. The van der Waals surface area contributed by atoms with E-state index >= 15 is 0 Å². The van der Waals surface area contributed by atoms with Gasteiger partial charge in [-0.05, 0) is 13.0 Å². The maximum atomic E-state index is 12.4. The van der Waals surface area contributed by atoms with Crippen molar-refractivity contribution in [2.45, 2.75) is 31.4 Å². The molecule has 0 radical (unpaired) electrons. The molecule has 0 saturated heterocycles. The number of para-hydroxylation sites is 1. The van der Waals surface area contributed by atoms with Crippen molar-refractivity contribution < 1.29 is 27.8 Å². The summed E-state index contributed by atoms with van der Waals surface area (Å²) in [5, 5.41) is 9.96. The Morgan fingerprint density at radius 3 is 2.72 bits per heavy atom. The maximum absolute atomic E-state index is 12.4. The van der Waals surface area contributed by atoms with E-state index in [0.29, 0.717) is 11.3 Å². The van der Waals surface area contributed by atoms with Crippen LogP contribution >= 0.6 is 0 Å². The molecule has 0 spiro atoms. The summed E-state index contributed by atoms with van der Waals surface area (Å²) < 4.78 is 47.2. The highest BCUT2D eigenvalue weighted by atomic mass is 19.4.